The number of hydrogen-bond donors (Lipinski definition) is 3. The molecule has 0 fully saturated rings. The number of nitrogens with one attached hydrogen (secondary N) is 2. The van der Waals surface area contributed by atoms with Crippen molar-refractivity contribution in [2.45, 2.75) is 26.9 Å². The summed E-state index contributed by atoms with van der Waals surface area (Å²) in [7, 11) is 4.73. The number of phenolic OH excluding ortho intramolecular Hbond substituents is 1. The maximum atomic E-state index is 9.96. The maximum Gasteiger partial charge on any atom is 0.200 e. The Hall–Kier alpha value is -2.48. The molecule has 0 amide bonds. The molecule has 0 saturated heterocycles. The van der Waals surface area contributed by atoms with Crippen LogP contribution in [-0.4, -0.2) is 37.3 Å². The topological polar surface area (TPSA) is 88.0 Å². The zero-order valence-electron chi connectivity index (χ0n) is 15.1. The zero-order chi connectivity index (χ0) is 18.4. The Kier molecular flexibility index (Phi) is 6.46. The average molecular weight is 364 g/mol. The number of nitrogens with zero attached hydrogens (tertiary/aromatic N) is 2. The normalized spacial score (nSPS) is 11.3. The third-order valence-electron chi connectivity index (χ3n) is 3.64. The van der Waals surface area contributed by atoms with E-state index >= 15 is 0 Å². The third-order valence-corrected chi connectivity index (χ3v) is 4.71. The zero-order valence-corrected chi connectivity index (χ0v) is 16.0. The van der Waals surface area contributed by atoms with Crippen LogP contribution in [0.3, 0.4) is 0 Å². The predicted molar refractivity (Wildman–Crippen MR) is 99.8 cm³/mol. The van der Waals surface area contributed by atoms with Gasteiger partial charge in [-0.05, 0) is 31.5 Å². The molecular formula is C17H24N4O3S. The molecule has 1 aromatic carbocycles. The van der Waals surface area contributed by atoms with Gasteiger partial charge in [0.1, 0.15) is 0 Å². The number of benzene rings is 1. The molecule has 0 bridgehead atoms. The highest BCUT2D eigenvalue weighted by molar-refractivity contribution is 7.11. The van der Waals surface area contributed by atoms with Crippen LogP contribution in [0.2, 0.25) is 0 Å². The second kappa shape index (κ2) is 8.57. The Labute approximate surface area is 151 Å². The van der Waals surface area contributed by atoms with E-state index in [-0.39, 0.29) is 5.75 Å². The Balaban J connectivity index is 2.00. The average Bonchev–Trinajstić information content (AvgIpc) is 2.93. The van der Waals surface area contributed by atoms with E-state index in [1.54, 1.807) is 30.5 Å². The largest absolute Gasteiger partial charge is 0.502 e. The van der Waals surface area contributed by atoms with Crippen LogP contribution in [0.25, 0.3) is 0 Å². The highest BCUT2D eigenvalue weighted by atomic mass is 32.1. The van der Waals surface area contributed by atoms with E-state index in [4.69, 9.17) is 9.47 Å². The molecule has 2 rings (SSSR count). The first-order chi connectivity index (χ1) is 12.0. The van der Waals surface area contributed by atoms with Gasteiger partial charge in [0.25, 0.3) is 0 Å². The molecule has 0 aliphatic carbocycles. The van der Waals surface area contributed by atoms with Crippen LogP contribution in [0.1, 0.15) is 21.1 Å². The van der Waals surface area contributed by atoms with Crippen LogP contribution in [0.4, 0.5) is 0 Å². The molecule has 1 aromatic heterocycles. The Morgan fingerprint density at radius 1 is 1.16 bits per heavy atom. The van der Waals surface area contributed by atoms with Crippen LogP contribution in [-0.2, 0) is 13.1 Å². The summed E-state index contributed by atoms with van der Waals surface area (Å²) >= 11 is 1.68. The Morgan fingerprint density at radius 3 is 2.24 bits per heavy atom. The summed E-state index contributed by atoms with van der Waals surface area (Å²) in [5, 5.41) is 17.5. The second-order valence-corrected chi connectivity index (χ2v) is 6.66. The molecule has 0 radical (unpaired) electrons. The first kappa shape index (κ1) is 18.9. The van der Waals surface area contributed by atoms with E-state index in [1.807, 2.05) is 13.8 Å². The van der Waals surface area contributed by atoms with Crippen LogP contribution in [0.15, 0.2) is 17.1 Å². The summed E-state index contributed by atoms with van der Waals surface area (Å²) in [6.07, 6.45) is 0. The van der Waals surface area contributed by atoms with Crippen LogP contribution in [0.5, 0.6) is 17.2 Å². The molecule has 8 heteroatoms. The molecule has 0 aliphatic rings. The summed E-state index contributed by atoms with van der Waals surface area (Å²) < 4.78 is 10.3. The molecule has 7 nitrogen and oxygen atoms in total. The minimum Gasteiger partial charge on any atom is -0.502 e. The number of rotatable bonds is 6. The molecular weight excluding hydrogens is 340 g/mol. The Morgan fingerprint density at radius 2 is 1.76 bits per heavy atom. The van der Waals surface area contributed by atoms with Gasteiger partial charge in [-0.25, -0.2) is 4.98 Å². The van der Waals surface area contributed by atoms with Crippen molar-refractivity contribution in [3.63, 3.8) is 0 Å². The number of aromatic nitrogens is 1. The molecule has 0 unspecified atom stereocenters. The fourth-order valence-corrected chi connectivity index (χ4v) is 3.23. The van der Waals surface area contributed by atoms with Crippen molar-refractivity contribution in [3.05, 3.63) is 33.3 Å². The molecule has 0 aliphatic heterocycles. The van der Waals surface area contributed by atoms with Gasteiger partial charge < -0.3 is 25.2 Å². The van der Waals surface area contributed by atoms with E-state index < -0.39 is 0 Å². The first-order valence-electron chi connectivity index (χ1n) is 7.79. The number of hydrogen-bond acceptors (Lipinski definition) is 6. The van der Waals surface area contributed by atoms with Gasteiger partial charge in [0.2, 0.25) is 5.75 Å². The van der Waals surface area contributed by atoms with Crippen molar-refractivity contribution < 1.29 is 14.6 Å². The van der Waals surface area contributed by atoms with Crippen molar-refractivity contribution in [2.24, 2.45) is 4.99 Å². The lowest BCUT2D eigenvalue weighted by molar-refractivity contribution is 0.339. The summed E-state index contributed by atoms with van der Waals surface area (Å²) in [5.41, 5.74) is 1.94. The summed E-state index contributed by atoms with van der Waals surface area (Å²) in [4.78, 5) is 9.83. The van der Waals surface area contributed by atoms with Gasteiger partial charge in [-0.2, -0.15) is 0 Å². The maximum absolute atomic E-state index is 9.96. The minimum atomic E-state index is -0.00713. The highest BCUT2D eigenvalue weighted by Crippen LogP contribution is 2.36. The van der Waals surface area contributed by atoms with Crippen molar-refractivity contribution >= 4 is 17.3 Å². The first-order valence-corrected chi connectivity index (χ1v) is 8.61. The van der Waals surface area contributed by atoms with Crippen molar-refractivity contribution in [3.8, 4) is 17.2 Å². The summed E-state index contributed by atoms with van der Waals surface area (Å²) in [5.74, 6) is 1.41. The number of thiazole rings is 1. The molecule has 1 heterocycles. The van der Waals surface area contributed by atoms with Crippen molar-refractivity contribution in [2.75, 3.05) is 21.3 Å². The van der Waals surface area contributed by atoms with E-state index in [2.05, 4.69) is 20.6 Å². The van der Waals surface area contributed by atoms with Crippen molar-refractivity contribution in [1.82, 2.24) is 15.6 Å². The van der Waals surface area contributed by atoms with E-state index in [0.717, 1.165) is 16.3 Å². The molecule has 0 spiro atoms. The van der Waals surface area contributed by atoms with Gasteiger partial charge in [0.15, 0.2) is 17.5 Å². The number of aromatic hydroxyl groups is 1. The van der Waals surface area contributed by atoms with Crippen molar-refractivity contribution in [1.29, 1.82) is 0 Å². The fraction of sp³-hybridized carbons (Fsp3) is 0.412. The molecule has 136 valence electrons. The predicted octanol–water partition coefficient (Wildman–Crippen LogP) is 2.35. The molecule has 2 aromatic rings. The number of methoxy groups -OCH3 is 2. The van der Waals surface area contributed by atoms with Crippen LogP contribution >= 0.6 is 11.3 Å². The lowest BCUT2D eigenvalue weighted by Gasteiger charge is -2.14. The van der Waals surface area contributed by atoms with Crippen LogP contribution in [0, 0.1) is 13.8 Å². The number of aryl methyl sites for hydroxylation is 2. The fourth-order valence-electron chi connectivity index (χ4n) is 2.36. The van der Waals surface area contributed by atoms with Gasteiger partial charge >= 0.3 is 0 Å². The molecule has 0 atom stereocenters. The van der Waals surface area contributed by atoms with Crippen LogP contribution < -0.4 is 20.1 Å². The SMILES string of the molecule is CN=C(NCc1cc(OC)c(O)c(OC)c1)NCc1sc(C)nc1C. The quantitative estimate of drug-likeness (QED) is 0.539. The highest BCUT2D eigenvalue weighted by Gasteiger charge is 2.12. The van der Waals surface area contributed by atoms with Gasteiger partial charge in [-0.1, -0.05) is 0 Å². The monoisotopic (exact) mass is 364 g/mol. The number of ether oxygens (including phenoxy) is 2. The van der Waals surface area contributed by atoms with Gasteiger partial charge in [-0.15, -0.1) is 11.3 Å². The van der Waals surface area contributed by atoms with Gasteiger partial charge in [-0.3, -0.25) is 4.99 Å². The minimum absolute atomic E-state index is 0.00713. The number of aliphatic imine (C=N–C) groups is 1. The number of guanidine groups is 1. The van der Waals surface area contributed by atoms with Gasteiger partial charge in [0, 0.05) is 18.5 Å². The van der Waals surface area contributed by atoms with E-state index in [0.29, 0.717) is 30.5 Å². The second-order valence-electron chi connectivity index (χ2n) is 5.37. The molecule has 0 saturated carbocycles. The molecule has 25 heavy (non-hydrogen) atoms. The lowest BCUT2D eigenvalue weighted by Crippen LogP contribution is -2.36. The lowest BCUT2D eigenvalue weighted by atomic mass is 10.2. The van der Waals surface area contributed by atoms with E-state index in [9.17, 15) is 5.11 Å². The van der Waals surface area contributed by atoms with Gasteiger partial charge in [0.05, 0.1) is 31.5 Å². The summed E-state index contributed by atoms with van der Waals surface area (Å²) in [6, 6.07) is 3.52. The smallest absolute Gasteiger partial charge is 0.200 e. The van der Waals surface area contributed by atoms with E-state index in [1.165, 1.54) is 19.1 Å². The molecule has 3 N–H and O–H groups in total. The number of phenols is 1. The summed E-state index contributed by atoms with van der Waals surface area (Å²) in [6.45, 7) is 5.18. The Bertz CT molecular complexity index is 733. The third kappa shape index (κ3) is 4.76. The standard InChI is InChI=1S/C17H24N4O3S/c1-10-15(25-11(2)21-10)9-20-17(18-3)19-8-12-6-13(23-4)16(22)14(7-12)24-5/h6-7,22H,8-9H2,1-5H3,(H2,18,19,20).